The second-order valence-electron chi connectivity index (χ2n) is 5.74. The van der Waals surface area contributed by atoms with Gasteiger partial charge in [-0.1, -0.05) is 54.6 Å². The van der Waals surface area contributed by atoms with Crippen molar-refractivity contribution in [2.24, 2.45) is 11.5 Å². The SMILES string of the molecule is NCc1ccc(OC(c2ccccc2)c2ccc(C(N)=O)cc2)cc1. The first kappa shape index (κ1) is 16.7. The van der Waals surface area contributed by atoms with Crippen molar-refractivity contribution in [1.29, 1.82) is 0 Å². The number of hydrogen-bond acceptors (Lipinski definition) is 3. The first-order valence-electron chi connectivity index (χ1n) is 8.08. The van der Waals surface area contributed by atoms with Crippen molar-refractivity contribution in [2.45, 2.75) is 12.6 Å². The number of hydrogen-bond donors (Lipinski definition) is 2. The maximum atomic E-state index is 11.3. The zero-order valence-electron chi connectivity index (χ0n) is 13.8. The van der Waals surface area contributed by atoms with Crippen molar-refractivity contribution < 1.29 is 9.53 Å². The molecule has 0 aliphatic heterocycles. The van der Waals surface area contributed by atoms with Crippen molar-refractivity contribution >= 4 is 5.91 Å². The fourth-order valence-corrected chi connectivity index (χ4v) is 2.62. The molecular formula is C21H20N2O2. The van der Waals surface area contributed by atoms with Crippen LogP contribution in [0.4, 0.5) is 0 Å². The second kappa shape index (κ2) is 7.64. The number of primary amides is 1. The van der Waals surface area contributed by atoms with Crippen molar-refractivity contribution in [3.8, 4) is 5.75 Å². The van der Waals surface area contributed by atoms with Crippen LogP contribution in [-0.2, 0) is 6.54 Å². The van der Waals surface area contributed by atoms with Gasteiger partial charge in [0, 0.05) is 12.1 Å². The van der Waals surface area contributed by atoms with Crippen molar-refractivity contribution in [3.63, 3.8) is 0 Å². The van der Waals surface area contributed by atoms with Crippen molar-refractivity contribution in [3.05, 3.63) is 101 Å². The van der Waals surface area contributed by atoms with E-state index in [9.17, 15) is 4.79 Å². The van der Waals surface area contributed by atoms with Gasteiger partial charge < -0.3 is 16.2 Å². The summed E-state index contributed by atoms with van der Waals surface area (Å²) in [6.07, 6.45) is -0.285. The Morgan fingerprint density at radius 1 is 0.840 bits per heavy atom. The third-order valence-electron chi connectivity index (χ3n) is 4.01. The van der Waals surface area contributed by atoms with Crippen LogP contribution in [0, 0.1) is 0 Å². The van der Waals surface area contributed by atoms with Crippen LogP contribution in [0.15, 0.2) is 78.9 Å². The molecule has 0 aliphatic rings. The molecule has 1 atom stereocenters. The van der Waals surface area contributed by atoms with Crippen LogP contribution in [0.1, 0.15) is 33.2 Å². The Labute approximate surface area is 147 Å². The van der Waals surface area contributed by atoms with Crippen LogP contribution in [0.3, 0.4) is 0 Å². The molecule has 0 bridgehead atoms. The van der Waals surface area contributed by atoms with Crippen LogP contribution in [0.25, 0.3) is 0 Å². The minimum atomic E-state index is -0.443. The lowest BCUT2D eigenvalue weighted by atomic mass is 10.00. The third kappa shape index (κ3) is 4.05. The van der Waals surface area contributed by atoms with Crippen LogP contribution in [-0.4, -0.2) is 5.91 Å². The van der Waals surface area contributed by atoms with Gasteiger partial charge in [-0.3, -0.25) is 4.79 Å². The summed E-state index contributed by atoms with van der Waals surface area (Å²) in [5, 5.41) is 0. The van der Waals surface area contributed by atoms with Crippen LogP contribution in [0.2, 0.25) is 0 Å². The molecule has 0 fully saturated rings. The van der Waals surface area contributed by atoms with Gasteiger partial charge in [-0.05, 0) is 41.0 Å². The molecule has 0 aromatic heterocycles. The summed E-state index contributed by atoms with van der Waals surface area (Å²) in [7, 11) is 0. The molecule has 3 rings (SSSR count). The van der Waals surface area contributed by atoms with Crippen LogP contribution in [0.5, 0.6) is 5.75 Å². The van der Waals surface area contributed by atoms with E-state index in [1.165, 1.54) is 0 Å². The van der Waals surface area contributed by atoms with Gasteiger partial charge in [0.15, 0.2) is 0 Å². The summed E-state index contributed by atoms with van der Waals surface area (Å²) >= 11 is 0. The fraction of sp³-hybridized carbons (Fsp3) is 0.0952. The summed E-state index contributed by atoms with van der Waals surface area (Å²) in [4.78, 5) is 11.3. The highest BCUT2D eigenvalue weighted by Gasteiger charge is 2.16. The Morgan fingerprint density at radius 3 is 2.00 bits per heavy atom. The van der Waals surface area contributed by atoms with Gasteiger partial charge >= 0.3 is 0 Å². The summed E-state index contributed by atoms with van der Waals surface area (Å²) in [6, 6.07) is 24.8. The lowest BCUT2D eigenvalue weighted by Gasteiger charge is -2.20. The summed E-state index contributed by atoms with van der Waals surface area (Å²) in [5.74, 6) is 0.311. The van der Waals surface area contributed by atoms with Crippen molar-refractivity contribution in [2.75, 3.05) is 0 Å². The molecule has 1 unspecified atom stereocenters. The van der Waals surface area contributed by atoms with E-state index in [4.69, 9.17) is 16.2 Å². The molecule has 0 radical (unpaired) electrons. The number of carbonyl (C=O) groups is 1. The highest BCUT2D eigenvalue weighted by molar-refractivity contribution is 5.92. The molecule has 0 aliphatic carbocycles. The zero-order chi connectivity index (χ0) is 17.6. The Hall–Kier alpha value is -3.11. The van der Waals surface area contributed by atoms with E-state index in [-0.39, 0.29) is 6.10 Å². The Balaban J connectivity index is 1.93. The van der Waals surface area contributed by atoms with Gasteiger partial charge in [-0.25, -0.2) is 0 Å². The molecule has 126 valence electrons. The monoisotopic (exact) mass is 332 g/mol. The Bertz CT molecular complexity index is 828. The molecule has 4 heteroatoms. The maximum Gasteiger partial charge on any atom is 0.248 e. The summed E-state index contributed by atoms with van der Waals surface area (Å²) in [6.45, 7) is 0.497. The molecular weight excluding hydrogens is 312 g/mol. The van der Waals surface area contributed by atoms with E-state index in [2.05, 4.69) is 0 Å². The molecule has 3 aromatic rings. The van der Waals surface area contributed by atoms with Crippen molar-refractivity contribution in [1.82, 2.24) is 0 Å². The van der Waals surface area contributed by atoms with Gasteiger partial charge in [0.25, 0.3) is 0 Å². The van der Waals surface area contributed by atoms with E-state index >= 15 is 0 Å². The maximum absolute atomic E-state index is 11.3. The first-order chi connectivity index (χ1) is 12.2. The molecule has 4 nitrogen and oxygen atoms in total. The number of benzene rings is 3. The van der Waals surface area contributed by atoms with E-state index < -0.39 is 5.91 Å². The number of rotatable bonds is 6. The Morgan fingerprint density at radius 2 is 1.44 bits per heavy atom. The molecule has 0 spiro atoms. The molecule has 0 saturated carbocycles. The molecule has 25 heavy (non-hydrogen) atoms. The quantitative estimate of drug-likeness (QED) is 0.726. The highest BCUT2D eigenvalue weighted by Crippen LogP contribution is 2.28. The first-order valence-corrected chi connectivity index (χ1v) is 8.08. The number of carbonyl (C=O) groups excluding carboxylic acids is 1. The average molecular weight is 332 g/mol. The summed E-state index contributed by atoms with van der Waals surface area (Å²) in [5.41, 5.74) is 14.5. The second-order valence-corrected chi connectivity index (χ2v) is 5.74. The van der Waals surface area contributed by atoms with Gasteiger partial charge in [-0.2, -0.15) is 0 Å². The topological polar surface area (TPSA) is 78.3 Å². The summed E-state index contributed by atoms with van der Waals surface area (Å²) < 4.78 is 6.23. The van der Waals surface area contributed by atoms with E-state index in [1.54, 1.807) is 12.1 Å². The van der Waals surface area contributed by atoms with E-state index in [1.807, 2.05) is 66.7 Å². The largest absolute Gasteiger partial charge is 0.481 e. The molecule has 4 N–H and O–H groups in total. The lowest BCUT2D eigenvalue weighted by molar-refractivity contribution is 0.1000. The molecule has 0 heterocycles. The van der Waals surface area contributed by atoms with Gasteiger partial charge in [-0.15, -0.1) is 0 Å². The van der Waals surface area contributed by atoms with Gasteiger partial charge in [0.1, 0.15) is 11.9 Å². The smallest absolute Gasteiger partial charge is 0.248 e. The third-order valence-corrected chi connectivity index (χ3v) is 4.01. The molecule has 0 saturated heterocycles. The number of nitrogens with two attached hydrogens (primary N) is 2. The van der Waals surface area contributed by atoms with Gasteiger partial charge in [0.05, 0.1) is 0 Å². The zero-order valence-corrected chi connectivity index (χ0v) is 13.8. The molecule has 3 aromatic carbocycles. The lowest BCUT2D eigenvalue weighted by Crippen LogP contribution is -2.12. The molecule has 1 amide bonds. The highest BCUT2D eigenvalue weighted by atomic mass is 16.5. The van der Waals surface area contributed by atoms with Gasteiger partial charge in [0.2, 0.25) is 5.91 Å². The van der Waals surface area contributed by atoms with E-state index in [0.29, 0.717) is 12.1 Å². The average Bonchev–Trinajstić information content (AvgIpc) is 2.67. The fourth-order valence-electron chi connectivity index (χ4n) is 2.62. The Kier molecular flexibility index (Phi) is 5.11. The predicted octanol–water partition coefficient (Wildman–Crippen LogP) is 3.41. The number of ether oxygens (including phenoxy) is 1. The minimum absolute atomic E-state index is 0.285. The van der Waals surface area contributed by atoms with Crippen LogP contribution >= 0.6 is 0 Å². The predicted molar refractivity (Wildman–Crippen MR) is 98.2 cm³/mol. The number of amides is 1. The minimum Gasteiger partial charge on any atom is -0.481 e. The van der Waals surface area contributed by atoms with E-state index in [0.717, 1.165) is 22.4 Å². The normalized spacial score (nSPS) is 11.7. The van der Waals surface area contributed by atoms with Crippen LogP contribution < -0.4 is 16.2 Å². The standard InChI is InChI=1S/C21H20N2O2/c22-14-15-6-12-19(13-7-15)25-20(16-4-2-1-3-5-16)17-8-10-18(11-9-17)21(23)24/h1-13,20H,14,22H2,(H2,23,24).